The second-order valence-corrected chi connectivity index (χ2v) is 5.14. The van der Waals surface area contributed by atoms with Crippen LogP contribution >= 0.6 is 0 Å². The maximum absolute atomic E-state index is 5.64. The second-order valence-electron chi connectivity index (χ2n) is 5.14. The Hall–Kier alpha value is -1.06. The molecule has 0 bridgehead atoms. The monoisotopic (exact) mass is 250 g/mol. The highest BCUT2D eigenvalue weighted by atomic mass is 16.5. The van der Waals surface area contributed by atoms with E-state index in [1.165, 1.54) is 5.56 Å². The molecule has 0 aliphatic heterocycles. The van der Waals surface area contributed by atoms with Gasteiger partial charge in [0.25, 0.3) is 0 Å². The van der Waals surface area contributed by atoms with Gasteiger partial charge in [-0.15, -0.1) is 0 Å². The summed E-state index contributed by atoms with van der Waals surface area (Å²) < 4.78 is 5.64. The summed E-state index contributed by atoms with van der Waals surface area (Å²) in [5.41, 5.74) is 1.28. The molecule has 1 aromatic carbocycles. The lowest BCUT2D eigenvalue weighted by Gasteiger charge is -2.19. The molecule has 0 aromatic heterocycles. The van der Waals surface area contributed by atoms with E-state index in [1.807, 2.05) is 33.0 Å². The highest BCUT2D eigenvalue weighted by Gasteiger charge is 2.09. The summed E-state index contributed by atoms with van der Waals surface area (Å²) in [6.07, 6.45) is 0.221. The minimum atomic E-state index is 0.221. The molecule has 2 N–H and O–H groups in total. The van der Waals surface area contributed by atoms with Crippen LogP contribution in [-0.4, -0.2) is 25.7 Å². The molecule has 0 aliphatic carbocycles. The fourth-order valence-corrected chi connectivity index (χ4v) is 1.79. The van der Waals surface area contributed by atoms with Crippen LogP contribution in [0.3, 0.4) is 0 Å². The Kier molecular flexibility index (Phi) is 6.16. The van der Waals surface area contributed by atoms with Gasteiger partial charge >= 0.3 is 0 Å². The first-order chi connectivity index (χ1) is 8.52. The molecule has 0 saturated heterocycles. The summed E-state index contributed by atoms with van der Waals surface area (Å²) in [4.78, 5) is 0. The maximum atomic E-state index is 5.64. The van der Waals surface area contributed by atoms with Crippen molar-refractivity contribution in [3.8, 4) is 5.75 Å². The summed E-state index contributed by atoms with van der Waals surface area (Å²) in [7, 11) is 1.99. The van der Waals surface area contributed by atoms with Gasteiger partial charge in [0, 0.05) is 18.6 Å². The zero-order valence-electron chi connectivity index (χ0n) is 12.2. The van der Waals surface area contributed by atoms with Gasteiger partial charge in [0.1, 0.15) is 5.75 Å². The standard InChI is InChI=1S/C15H26N2O/c1-11(2)17-10-15(16-5)13-6-8-14(9-7-13)18-12(3)4/h6-9,11-12,15-17H,10H2,1-5H3. The van der Waals surface area contributed by atoms with E-state index in [1.54, 1.807) is 0 Å². The van der Waals surface area contributed by atoms with E-state index in [4.69, 9.17) is 4.74 Å². The normalized spacial score (nSPS) is 13.1. The van der Waals surface area contributed by atoms with Crippen molar-refractivity contribution in [2.45, 2.75) is 45.9 Å². The van der Waals surface area contributed by atoms with E-state index < -0.39 is 0 Å². The SMILES string of the molecule is CNC(CNC(C)C)c1ccc(OC(C)C)cc1. The highest BCUT2D eigenvalue weighted by molar-refractivity contribution is 5.29. The molecule has 1 rings (SSSR count). The fourth-order valence-electron chi connectivity index (χ4n) is 1.79. The average molecular weight is 250 g/mol. The van der Waals surface area contributed by atoms with Gasteiger partial charge in [-0.3, -0.25) is 0 Å². The van der Waals surface area contributed by atoms with Gasteiger partial charge in [0.15, 0.2) is 0 Å². The van der Waals surface area contributed by atoms with Crippen LogP contribution in [0.2, 0.25) is 0 Å². The van der Waals surface area contributed by atoms with Crippen molar-refractivity contribution < 1.29 is 4.74 Å². The Morgan fingerprint density at radius 3 is 2.11 bits per heavy atom. The summed E-state index contributed by atoms with van der Waals surface area (Å²) >= 11 is 0. The summed E-state index contributed by atoms with van der Waals surface area (Å²) in [5, 5.41) is 6.78. The molecule has 0 aliphatic rings. The largest absolute Gasteiger partial charge is 0.491 e. The van der Waals surface area contributed by atoms with Gasteiger partial charge in [-0.05, 0) is 38.6 Å². The predicted octanol–water partition coefficient (Wildman–Crippen LogP) is 2.73. The topological polar surface area (TPSA) is 33.3 Å². The molecule has 3 heteroatoms. The van der Waals surface area contributed by atoms with Crippen LogP contribution in [0.4, 0.5) is 0 Å². The molecule has 3 nitrogen and oxygen atoms in total. The smallest absolute Gasteiger partial charge is 0.119 e. The lowest BCUT2D eigenvalue weighted by molar-refractivity contribution is 0.242. The first-order valence-corrected chi connectivity index (χ1v) is 6.70. The van der Waals surface area contributed by atoms with E-state index in [2.05, 4.69) is 36.6 Å². The van der Waals surface area contributed by atoms with Gasteiger partial charge in [-0.1, -0.05) is 26.0 Å². The fraction of sp³-hybridized carbons (Fsp3) is 0.600. The summed E-state index contributed by atoms with van der Waals surface area (Å²) in [6.45, 7) is 9.32. The van der Waals surface area contributed by atoms with Crippen molar-refractivity contribution in [1.82, 2.24) is 10.6 Å². The minimum Gasteiger partial charge on any atom is -0.491 e. The first kappa shape index (κ1) is 15.0. The van der Waals surface area contributed by atoms with E-state index in [-0.39, 0.29) is 6.10 Å². The predicted molar refractivity (Wildman–Crippen MR) is 77.1 cm³/mol. The third-order valence-electron chi connectivity index (χ3n) is 2.73. The first-order valence-electron chi connectivity index (χ1n) is 6.70. The van der Waals surface area contributed by atoms with E-state index in [0.717, 1.165) is 12.3 Å². The van der Waals surface area contributed by atoms with Crippen LogP contribution in [0.15, 0.2) is 24.3 Å². The lowest BCUT2D eigenvalue weighted by atomic mass is 10.1. The van der Waals surface area contributed by atoms with Crippen molar-refractivity contribution in [2.24, 2.45) is 0 Å². The molecule has 0 saturated carbocycles. The van der Waals surface area contributed by atoms with Crippen LogP contribution in [0.25, 0.3) is 0 Å². The molecule has 0 heterocycles. The summed E-state index contributed by atoms with van der Waals surface area (Å²) in [6, 6.07) is 9.16. The Morgan fingerprint density at radius 2 is 1.67 bits per heavy atom. The molecule has 0 radical (unpaired) electrons. The third-order valence-corrected chi connectivity index (χ3v) is 2.73. The Balaban J connectivity index is 2.63. The Labute approximate surface area is 111 Å². The highest BCUT2D eigenvalue weighted by Crippen LogP contribution is 2.18. The zero-order valence-corrected chi connectivity index (χ0v) is 12.2. The Morgan fingerprint density at radius 1 is 1.06 bits per heavy atom. The number of ether oxygens (including phenoxy) is 1. The van der Waals surface area contributed by atoms with Crippen LogP contribution in [0.1, 0.15) is 39.3 Å². The van der Waals surface area contributed by atoms with Crippen molar-refractivity contribution in [2.75, 3.05) is 13.6 Å². The molecule has 0 spiro atoms. The minimum absolute atomic E-state index is 0.221. The number of rotatable bonds is 7. The molecule has 0 amide bonds. The van der Waals surface area contributed by atoms with Gasteiger partial charge in [-0.2, -0.15) is 0 Å². The molecule has 1 unspecified atom stereocenters. The van der Waals surface area contributed by atoms with Gasteiger partial charge in [0.2, 0.25) is 0 Å². The molecular formula is C15H26N2O. The number of benzene rings is 1. The van der Waals surface area contributed by atoms with Crippen LogP contribution in [-0.2, 0) is 0 Å². The van der Waals surface area contributed by atoms with Crippen LogP contribution in [0, 0.1) is 0 Å². The van der Waals surface area contributed by atoms with E-state index >= 15 is 0 Å². The van der Waals surface area contributed by atoms with Crippen molar-refractivity contribution in [3.05, 3.63) is 29.8 Å². The lowest BCUT2D eigenvalue weighted by Crippen LogP contribution is -2.33. The number of hydrogen-bond donors (Lipinski definition) is 2. The van der Waals surface area contributed by atoms with Gasteiger partial charge < -0.3 is 15.4 Å². The van der Waals surface area contributed by atoms with E-state index in [9.17, 15) is 0 Å². The van der Waals surface area contributed by atoms with Crippen molar-refractivity contribution in [3.63, 3.8) is 0 Å². The zero-order chi connectivity index (χ0) is 13.5. The van der Waals surface area contributed by atoms with Crippen molar-refractivity contribution >= 4 is 0 Å². The maximum Gasteiger partial charge on any atom is 0.119 e. The van der Waals surface area contributed by atoms with Crippen molar-refractivity contribution in [1.29, 1.82) is 0 Å². The molecule has 1 aromatic rings. The molecular weight excluding hydrogens is 224 g/mol. The number of nitrogens with one attached hydrogen (secondary N) is 2. The summed E-state index contributed by atoms with van der Waals surface area (Å²) in [5.74, 6) is 0.931. The Bertz CT molecular complexity index is 333. The van der Waals surface area contributed by atoms with Crippen LogP contribution < -0.4 is 15.4 Å². The molecule has 102 valence electrons. The molecule has 18 heavy (non-hydrogen) atoms. The number of likely N-dealkylation sites (N-methyl/N-ethyl adjacent to an activating group) is 1. The number of hydrogen-bond acceptors (Lipinski definition) is 3. The van der Waals surface area contributed by atoms with E-state index in [0.29, 0.717) is 12.1 Å². The third kappa shape index (κ3) is 5.07. The van der Waals surface area contributed by atoms with Gasteiger partial charge in [0.05, 0.1) is 6.10 Å². The average Bonchev–Trinajstić information content (AvgIpc) is 2.31. The molecule has 1 atom stereocenters. The quantitative estimate of drug-likeness (QED) is 0.780. The molecule has 0 fully saturated rings. The second kappa shape index (κ2) is 7.39. The van der Waals surface area contributed by atoms with Crippen LogP contribution in [0.5, 0.6) is 5.75 Å². The van der Waals surface area contributed by atoms with Gasteiger partial charge in [-0.25, -0.2) is 0 Å².